The summed E-state index contributed by atoms with van der Waals surface area (Å²) in [5, 5.41) is 3.03. The molecule has 23 heavy (non-hydrogen) atoms. The van der Waals surface area contributed by atoms with Gasteiger partial charge in [-0.05, 0) is 19.1 Å². The van der Waals surface area contributed by atoms with Gasteiger partial charge in [-0.2, -0.15) is 0 Å². The zero-order valence-corrected chi connectivity index (χ0v) is 13.0. The Labute approximate surface area is 135 Å². The van der Waals surface area contributed by atoms with Crippen LogP contribution in [0.25, 0.3) is 0 Å². The highest BCUT2D eigenvalue weighted by Crippen LogP contribution is 2.18. The molecule has 1 amide bonds. The summed E-state index contributed by atoms with van der Waals surface area (Å²) in [5.74, 6) is -0.348. The normalized spacial score (nSPS) is 16.3. The van der Waals surface area contributed by atoms with Gasteiger partial charge < -0.3 is 10.2 Å². The van der Waals surface area contributed by atoms with E-state index >= 15 is 0 Å². The lowest BCUT2D eigenvalue weighted by Crippen LogP contribution is -2.46. The van der Waals surface area contributed by atoms with E-state index in [1.165, 1.54) is 6.08 Å². The number of ketones is 1. The summed E-state index contributed by atoms with van der Waals surface area (Å²) in [6.45, 7) is 3.17. The topological polar surface area (TPSA) is 49.4 Å². The minimum atomic E-state index is -0.178. The van der Waals surface area contributed by atoms with E-state index in [4.69, 9.17) is 0 Å². The van der Waals surface area contributed by atoms with Gasteiger partial charge in [-0.25, -0.2) is 0 Å². The molecule has 2 aromatic carbocycles. The summed E-state index contributed by atoms with van der Waals surface area (Å²) in [7, 11) is 0. The van der Waals surface area contributed by atoms with Crippen LogP contribution in [0.5, 0.6) is 0 Å². The summed E-state index contributed by atoms with van der Waals surface area (Å²) >= 11 is 0. The molecule has 1 saturated heterocycles. The molecule has 0 saturated carbocycles. The minimum Gasteiger partial charge on any atom is -0.379 e. The second-order valence-electron chi connectivity index (χ2n) is 5.51. The van der Waals surface area contributed by atoms with Gasteiger partial charge in [0.15, 0.2) is 5.78 Å². The predicted octanol–water partition coefficient (Wildman–Crippen LogP) is 2.70. The number of carbonyl (C=O) groups is 2. The fraction of sp³-hybridized carbons (Fsp3) is 0.158. The van der Waals surface area contributed by atoms with E-state index in [-0.39, 0.29) is 11.7 Å². The van der Waals surface area contributed by atoms with Gasteiger partial charge in [0.1, 0.15) is 5.70 Å². The lowest BCUT2D eigenvalue weighted by Gasteiger charge is -2.29. The molecule has 1 aliphatic rings. The van der Waals surface area contributed by atoms with E-state index in [2.05, 4.69) is 5.32 Å². The molecule has 1 N–H and O–H groups in total. The molecule has 1 fully saturated rings. The SMILES string of the molecule is Cc1ccc(C(=O)/C=C2\NCCN(c3ccccc3)C2=O)cc1. The second kappa shape index (κ2) is 6.48. The number of aryl methyl sites for hydroxylation is 1. The number of amides is 1. The van der Waals surface area contributed by atoms with E-state index < -0.39 is 0 Å². The average molecular weight is 306 g/mol. The Bertz CT molecular complexity index is 749. The minimum absolute atomic E-state index is 0.171. The standard InChI is InChI=1S/C19H18N2O2/c1-14-7-9-15(10-8-14)18(22)13-17-19(23)21(12-11-20-17)16-5-3-2-4-6-16/h2-10,13,20H,11-12H2,1H3/b17-13-. The average Bonchev–Trinajstić information content (AvgIpc) is 2.58. The predicted molar refractivity (Wildman–Crippen MR) is 90.4 cm³/mol. The van der Waals surface area contributed by atoms with Crippen molar-refractivity contribution in [3.8, 4) is 0 Å². The number of rotatable bonds is 3. The van der Waals surface area contributed by atoms with Gasteiger partial charge in [-0.1, -0.05) is 48.0 Å². The first-order valence-electron chi connectivity index (χ1n) is 7.58. The highest BCUT2D eigenvalue weighted by Gasteiger charge is 2.24. The molecule has 0 atom stereocenters. The van der Waals surface area contributed by atoms with E-state index in [9.17, 15) is 9.59 Å². The van der Waals surface area contributed by atoms with E-state index in [0.29, 0.717) is 24.4 Å². The highest BCUT2D eigenvalue weighted by atomic mass is 16.2. The van der Waals surface area contributed by atoms with Crippen molar-refractivity contribution in [3.63, 3.8) is 0 Å². The van der Waals surface area contributed by atoms with E-state index in [1.54, 1.807) is 17.0 Å². The summed E-state index contributed by atoms with van der Waals surface area (Å²) < 4.78 is 0. The van der Waals surface area contributed by atoms with Gasteiger partial charge in [0.05, 0.1) is 0 Å². The molecule has 1 aliphatic heterocycles. The van der Waals surface area contributed by atoms with Crippen molar-refractivity contribution in [3.05, 3.63) is 77.5 Å². The molecule has 1 heterocycles. The summed E-state index contributed by atoms with van der Waals surface area (Å²) in [4.78, 5) is 26.6. The number of piperazine rings is 1. The smallest absolute Gasteiger partial charge is 0.274 e. The highest BCUT2D eigenvalue weighted by molar-refractivity contribution is 6.13. The maximum Gasteiger partial charge on any atom is 0.274 e. The third-order valence-corrected chi connectivity index (χ3v) is 3.81. The van der Waals surface area contributed by atoms with Crippen molar-refractivity contribution in [2.45, 2.75) is 6.92 Å². The van der Waals surface area contributed by atoms with E-state index in [1.807, 2.05) is 49.4 Å². The zero-order chi connectivity index (χ0) is 16.2. The van der Waals surface area contributed by atoms with Crippen molar-refractivity contribution < 1.29 is 9.59 Å². The lowest BCUT2D eigenvalue weighted by molar-refractivity contribution is -0.116. The van der Waals surface area contributed by atoms with Crippen LogP contribution in [0.3, 0.4) is 0 Å². The van der Waals surface area contributed by atoms with Gasteiger partial charge in [-0.3, -0.25) is 9.59 Å². The molecule has 0 unspecified atom stereocenters. The second-order valence-corrected chi connectivity index (χ2v) is 5.51. The quantitative estimate of drug-likeness (QED) is 0.700. The summed E-state index contributed by atoms with van der Waals surface area (Å²) in [6, 6.07) is 16.8. The number of hydrogen-bond acceptors (Lipinski definition) is 3. The number of hydrogen-bond donors (Lipinski definition) is 1. The van der Waals surface area contributed by atoms with Crippen LogP contribution in [0, 0.1) is 6.92 Å². The van der Waals surface area contributed by atoms with Crippen LogP contribution >= 0.6 is 0 Å². The van der Waals surface area contributed by atoms with Crippen molar-refractivity contribution in [2.75, 3.05) is 18.0 Å². The number of anilines is 1. The molecule has 116 valence electrons. The third kappa shape index (κ3) is 3.31. The largest absolute Gasteiger partial charge is 0.379 e. The van der Waals surface area contributed by atoms with Crippen LogP contribution in [-0.4, -0.2) is 24.8 Å². The first-order valence-corrected chi connectivity index (χ1v) is 7.58. The maximum atomic E-state index is 12.6. The molecule has 0 spiro atoms. The lowest BCUT2D eigenvalue weighted by atomic mass is 10.1. The van der Waals surface area contributed by atoms with Crippen LogP contribution in [0.15, 0.2) is 66.4 Å². The van der Waals surface area contributed by atoms with Crippen molar-refractivity contribution in [2.24, 2.45) is 0 Å². The molecule has 4 nitrogen and oxygen atoms in total. The Hall–Kier alpha value is -2.88. The third-order valence-electron chi connectivity index (χ3n) is 3.81. The zero-order valence-electron chi connectivity index (χ0n) is 13.0. The van der Waals surface area contributed by atoms with E-state index in [0.717, 1.165) is 11.3 Å². The Morgan fingerprint density at radius 1 is 1.09 bits per heavy atom. The van der Waals surface area contributed by atoms with Gasteiger partial charge in [0, 0.05) is 30.4 Å². The molecule has 0 bridgehead atoms. The van der Waals surface area contributed by atoms with Gasteiger partial charge in [0.2, 0.25) is 0 Å². The number of nitrogens with zero attached hydrogens (tertiary/aromatic N) is 1. The number of carbonyl (C=O) groups excluding carboxylic acids is 2. The first-order chi connectivity index (χ1) is 11.1. The van der Waals surface area contributed by atoms with Crippen LogP contribution < -0.4 is 10.2 Å². The fourth-order valence-electron chi connectivity index (χ4n) is 2.52. The Morgan fingerprint density at radius 3 is 2.48 bits per heavy atom. The van der Waals surface area contributed by atoms with Crippen molar-refractivity contribution in [1.29, 1.82) is 0 Å². The fourth-order valence-corrected chi connectivity index (χ4v) is 2.52. The van der Waals surface area contributed by atoms with Crippen LogP contribution in [0.2, 0.25) is 0 Å². The number of nitrogens with one attached hydrogen (secondary N) is 1. The Balaban J connectivity index is 1.83. The molecular weight excluding hydrogens is 288 g/mol. The Morgan fingerprint density at radius 2 is 1.78 bits per heavy atom. The Kier molecular flexibility index (Phi) is 4.24. The molecular formula is C19H18N2O2. The van der Waals surface area contributed by atoms with Crippen molar-refractivity contribution in [1.82, 2.24) is 5.32 Å². The molecule has 2 aromatic rings. The van der Waals surface area contributed by atoms with Gasteiger partial charge in [-0.15, -0.1) is 0 Å². The number of para-hydroxylation sites is 1. The van der Waals surface area contributed by atoms with Crippen molar-refractivity contribution >= 4 is 17.4 Å². The van der Waals surface area contributed by atoms with Crippen LogP contribution in [0.1, 0.15) is 15.9 Å². The summed E-state index contributed by atoms with van der Waals surface area (Å²) in [5.41, 5.74) is 2.85. The van der Waals surface area contributed by atoms with Crippen LogP contribution in [-0.2, 0) is 4.79 Å². The molecule has 0 aliphatic carbocycles. The van der Waals surface area contributed by atoms with Gasteiger partial charge >= 0.3 is 0 Å². The van der Waals surface area contributed by atoms with Gasteiger partial charge in [0.25, 0.3) is 5.91 Å². The number of benzene rings is 2. The molecule has 3 rings (SSSR count). The van der Waals surface area contributed by atoms with Crippen LogP contribution in [0.4, 0.5) is 5.69 Å². The monoisotopic (exact) mass is 306 g/mol. The maximum absolute atomic E-state index is 12.6. The molecule has 0 radical (unpaired) electrons. The first kappa shape index (κ1) is 15.0. The summed E-state index contributed by atoms with van der Waals surface area (Å²) in [6.07, 6.45) is 1.39. The number of allylic oxidation sites excluding steroid dienone is 1. The molecule has 0 aromatic heterocycles. The molecule has 4 heteroatoms.